The zero-order chi connectivity index (χ0) is 12.4. The highest BCUT2D eigenvalue weighted by Crippen LogP contribution is 2.34. The zero-order valence-corrected chi connectivity index (χ0v) is 10.8. The van der Waals surface area contributed by atoms with Crippen LogP contribution in [0.5, 0.6) is 0 Å². The Hall–Kier alpha value is -1.01. The van der Waals surface area contributed by atoms with Crippen molar-refractivity contribution in [3.05, 3.63) is 5.82 Å². The monoisotopic (exact) mass is 250 g/mol. The van der Waals surface area contributed by atoms with Gasteiger partial charge in [-0.25, -0.2) is 4.68 Å². The number of aromatic nitrogens is 4. The lowest BCUT2D eigenvalue weighted by Gasteiger charge is -2.32. The largest absolute Gasteiger partial charge is 0.330 e. The van der Waals surface area contributed by atoms with Crippen molar-refractivity contribution in [2.24, 2.45) is 11.7 Å². The quantitative estimate of drug-likeness (QED) is 0.827. The third-order valence-corrected chi connectivity index (χ3v) is 4.00. The van der Waals surface area contributed by atoms with E-state index in [1.165, 1.54) is 32.2 Å². The van der Waals surface area contributed by atoms with E-state index in [1.54, 1.807) is 0 Å². The minimum Gasteiger partial charge on any atom is -0.330 e. The van der Waals surface area contributed by atoms with Gasteiger partial charge in [0, 0.05) is 6.54 Å². The van der Waals surface area contributed by atoms with Crippen LogP contribution in [0.1, 0.15) is 44.0 Å². The Morgan fingerprint density at radius 1 is 1.28 bits per heavy atom. The molecule has 1 unspecified atom stereocenters. The minimum atomic E-state index is 0.569. The van der Waals surface area contributed by atoms with Crippen LogP contribution in [0.15, 0.2) is 0 Å². The summed E-state index contributed by atoms with van der Waals surface area (Å²) in [5.41, 5.74) is 5.66. The molecule has 2 fully saturated rings. The number of nitrogens with zero attached hydrogens (tertiary/aromatic N) is 5. The average molecular weight is 250 g/mol. The smallest absolute Gasteiger partial charge is 0.165 e. The molecule has 0 spiro atoms. The summed E-state index contributed by atoms with van der Waals surface area (Å²) in [6.45, 7) is 4.01. The topological polar surface area (TPSA) is 72.9 Å². The summed E-state index contributed by atoms with van der Waals surface area (Å²) in [7, 11) is 0. The van der Waals surface area contributed by atoms with Crippen LogP contribution in [-0.2, 0) is 6.54 Å². The Bertz CT molecular complexity index is 384. The van der Waals surface area contributed by atoms with Crippen molar-refractivity contribution in [2.45, 2.75) is 44.7 Å². The van der Waals surface area contributed by atoms with Crippen molar-refractivity contribution in [2.75, 3.05) is 19.6 Å². The summed E-state index contributed by atoms with van der Waals surface area (Å²) in [6, 6.07) is 0.569. The molecule has 2 N–H and O–H groups in total. The van der Waals surface area contributed by atoms with Gasteiger partial charge in [0.1, 0.15) is 0 Å². The van der Waals surface area contributed by atoms with Gasteiger partial charge in [-0.05, 0) is 61.5 Å². The molecule has 6 heteroatoms. The molecule has 6 nitrogen and oxygen atoms in total. The van der Waals surface area contributed by atoms with Crippen LogP contribution in [-0.4, -0.2) is 44.7 Å². The zero-order valence-electron chi connectivity index (χ0n) is 10.8. The fourth-order valence-corrected chi connectivity index (χ4v) is 2.89. The Labute approximate surface area is 108 Å². The van der Waals surface area contributed by atoms with E-state index >= 15 is 0 Å². The van der Waals surface area contributed by atoms with E-state index in [2.05, 4.69) is 20.4 Å². The first kappa shape index (κ1) is 12.0. The van der Waals surface area contributed by atoms with Gasteiger partial charge < -0.3 is 5.73 Å². The van der Waals surface area contributed by atoms with Gasteiger partial charge in [-0.2, -0.15) is 0 Å². The maximum Gasteiger partial charge on any atom is 0.165 e. The lowest BCUT2D eigenvalue weighted by Crippen LogP contribution is -2.36. The molecule has 1 aromatic heterocycles. The predicted octanol–water partition coefficient (Wildman–Crippen LogP) is 0.569. The molecule has 3 rings (SSSR count). The molecule has 1 saturated heterocycles. The maximum absolute atomic E-state index is 5.66. The summed E-state index contributed by atoms with van der Waals surface area (Å²) in [4.78, 5) is 2.48. The Morgan fingerprint density at radius 2 is 2.17 bits per heavy atom. The van der Waals surface area contributed by atoms with E-state index in [0.717, 1.165) is 37.8 Å². The van der Waals surface area contributed by atoms with Crippen LogP contribution in [0.3, 0.4) is 0 Å². The number of hydrogen-bond acceptors (Lipinski definition) is 5. The van der Waals surface area contributed by atoms with E-state index < -0.39 is 0 Å². The first-order chi connectivity index (χ1) is 8.86. The second-order valence-electron chi connectivity index (χ2n) is 5.59. The molecule has 100 valence electrons. The SMILES string of the molecule is NCCC1CCCN(Cc2nnnn2C2CC2)C1. The van der Waals surface area contributed by atoms with Crippen molar-refractivity contribution in [1.82, 2.24) is 25.1 Å². The lowest BCUT2D eigenvalue weighted by molar-refractivity contribution is 0.157. The summed E-state index contributed by atoms with van der Waals surface area (Å²) >= 11 is 0. The first-order valence-corrected chi connectivity index (χ1v) is 7.06. The first-order valence-electron chi connectivity index (χ1n) is 7.06. The van der Waals surface area contributed by atoms with Crippen LogP contribution in [0.25, 0.3) is 0 Å². The van der Waals surface area contributed by atoms with Crippen molar-refractivity contribution in [3.8, 4) is 0 Å². The Kier molecular flexibility index (Phi) is 3.56. The van der Waals surface area contributed by atoms with E-state index in [-0.39, 0.29) is 0 Å². The Balaban J connectivity index is 1.59. The molecule has 1 atom stereocenters. The molecular formula is C12H22N6. The van der Waals surface area contributed by atoms with Crippen LogP contribution < -0.4 is 5.73 Å². The summed E-state index contributed by atoms with van der Waals surface area (Å²) in [5.74, 6) is 1.79. The lowest BCUT2D eigenvalue weighted by atomic mass is 9.95. The number of nitrogens with two attached hydrogens (primary N) is 1. The molecule has 0 bridgehead atoms. The van der Waals surface area contributed by atoms with Crippen LogP contribution in [0, 0.1) is 5.92 Å². The van der Waals surface area contributed by atoms with E-state index in [0.29, 0.717) is 6.04 Å². The fraction of sp³-hybridized carbons (Fsp3) is 0.917. The molecule has 0 aromatic carbocycles. The van der Waals surface area contributed by atoms with Gasteiger partial charge in [0.2, 0.25) is 0 Å². The second kappa shape index (κ2) is 5.32. The van der Waals surface area contributed by atoms with E-state index in [1.807, 2.05) is 4.68 Å². The van der Waals surface area contributed by atoms with Gasteiger partial charge in [-0.15, -0.1) is 5.10 Å². The summed E-state index contributed by atoms with van der Waals surface area (Å²) < 4.78 is 2.02. The highest BCUT2D eigenvalue weighted by molar-refractivity contribution is 4.91. The molecule has 2 aliphatic rings. The van der Waals surface area contributed by atoms with Crippen molar-refractivity contribution >= 4 is 0 Å². The van der Waals surface area contributed by atoms with Crippen molar-refractivity contribution in [3.63, 3.8) is 0 Å². The minimum absolute atomic E-state index is 0.569. The molecular weight excluding hydrogens is 228 g/mol. The number of likely N-dealkylation sites (tertiary alicyclic amines) is 1. The highest BCUT2D eigenvalue weighted by Gasteiger charge is 2.29. The summed E-state index contributed by atoms with van der Waals surface area (Å²) in [6.07, 6.45) is 6.20. The fourth-order valence-electron chi connectivity index (χ4n) is 2.89. The van der Waals surface area contributed by atoms with Gasteiger partial charge in [0.05, 0.1) is 12.6 Å². The third-order valence-electron chi connectivity index (χ3n) is 4.00. The molecule has 1 saturated carbocycles. The van der Waals surface area contributed by atoms with E-state index in [4.69, 9.17) is 5.73 Å². The van der Waals surface area contributed by atoms with E-state index in [9.17, 15) is 0 Å². The van der Waals surface area contributed by atoms with Crippen LogP contribution in [0.4, 0.5) is 0 Å². The molecule has 1 aromatic rings. The second-order valence-corrected chi connectivity index (χ2v) is 5.59. The van der Waals surface area contributed by atoms with Crippen molar-refractivity contribution < 1.29 is 0 Å². The maximum atomic E-state index is 5.66. The molecule has 0 radical (unpaired) electrons. The standard InChI is InChI=1S/C12H22N6/c13-6-5-10-2-1-7-17(8-10)9-12-14-15-16-18(12)11-3-4-11/h10-11H,1-9,13H2. The van der Waals surface area contributed by atoms with Gasteiger partial charge in [-0.3, -0.25) is 4.90 Å². The van der Waals surface area contributed by atoms with Gasteiger partial charge in [0.15, 0.2) is 5.82 Å². The number of tetrazole rings is 1. The number of piperidine rings is 1. The van der Waals surface area contributed by atoms with Gasteiger partial charge in [0.25, 0.3) is 0 Å². The van der Waals surface area contributed by atoms with Gasteiger partial charge in [-0.1, -0.05) is 0 Å². The molecule has 1 aliphatic heterocycles. The highest BCUT2D eigenvalue weighted by atomic mass is 15.6. The molecule has 2 heterocycles. The summed E-state index contributed by atoms with van der Waals surface area (Å²) in [5, 5.41) is 12.1. The average Bonchev–Trinajstić information content (AvgIpc) is 3.12. The predicted molar refractivity (Wildman–Crippen MR) is 67.8 cm³/mol. The number of hydrogen-bond donors (Lipinski definition) is 1. The van der Waals surface area contributed by atoms with Crippen LogP contribution >= 0.6 is 0 Å². The Morgan fingerprint density at radius 3 is 2.94 bits per heavy atom. The number of rotatable bonds is 5. The molecule has 0 amide bonds. The third kappa shape index (κ3) is 2.70. The van der Waals surface area contributed by atoms with Crippen LogP contribution in [0.2, 0.25) is 0 Å². The normalized spacial score (nSPS) is 25.5. The van der Waals surface area contributed by atoms with Gasteiger partial charge >= 0.3 is 0 Å². The molecule has 18 heavy (non-hydrogen) atoms. The van der Waals surface area contributed by atoms with Crippen molar-refractivity contribution in [1.29, 1.82) is 0 Å². The molecule has 1 aliphatic carbocycles.